The van der Waals surface area contributed by atoms with Gasteiger partial charge in [0.2, 0.25) is 0 Å². The van der Waals surface area contributed by atoms with Crippen molar-refractivity contribution in [2.24, 2.45) is 0 Å². The van der Waals surface area contributed by atoms with E-state index in [9.17, 15) is 0 Å². The number of hydrogen-bond acceptors (Lipinski definition) is 2. The summed E-state index contributed by atoms with van der Waals surface area (Å²) < 4.78 is 0. The first-order valence-electron chi connectivity index (χ1n) is 7.28. The van der Waals surface area contributed by atoms with Crippen LogP contribution in [0.15, 0.2) is 18.2 Å². The Labute approximate surface area is 111 Å². The zero-order valence-corrected chi connectivity index (χ0v) is 12.0. The first-order valence-corrected chi connectivity index (χ1v) is 7.28. The van der Waals surface area contributed by atoms with E-state index in [4.69, 9.17) is 0 Å². The lowest BCUT2D eigenvalue weighted by Crippen LogP contribution is -2.40. The van der Waals surface area contributed by atoms with Crippen LogP contribution in [0.1, 0.15) is 51.2 Å². The second kappa shape index (κ2) is 5.75. The predicted octanol–water partition coefficient (Wildman–Crippen LogP) is 3.71. The van der Waals surface area contributed by atoms with E-state index in [1.54, 1.807) is 0 Å². The van der Waals surface area contributed by atoms with E-state index in [1.165, 1.54) is 42.5 Å². The molecule has 0 aliphatic carbocycles. The van der Waals surface area contributed by atoms with Crippen LogP contribution in [0.4, 0.5) is 5.69 Å². The van der Waals surface area contributed by atoms with Gasteiger partial charge >= 0.3 is 0 Å². The molecule has 2 nitrogen and oxygen atoms in total. The molecule has 0 atom stereocenters. The molecule has 1 aliphatic heterocycles. The normalized spacial score (nSPS) is 15.1. The third-order valence-corrected chi connectivity index (χ3v) is 4.43. The minimum absolute atomic E-state index is 0.261. The number of rotatable bonds is 5. The molecule has 1 aliphatic rings. The van der Waals surface area contributed by atoms with Crippen LogP contribution in [0.5, 0.6) is 0 Å². The number of aryl methyl sites for hydroxylation is 1. The van der Waals surface area contributed by atoms with E-state index < -0.39 is 0 Å². The molecular formula is C16H26N2. The summed E-state index contributed by atoms with van der Waals surface area (Å²) >= 11 is 0. The Morgan fingerprint density at radius 2 is 2.06 bits per heavy atom. The number of benzene rings is 1. The summed E-state index contributed by atoms with van der Waals surface area (Å²) in [6, 6.07) is 6.69. The molecule has 0 saturated carbocycles. The lowest BCUT2D eigenvalue weighted by Gasteiger charge is -2.30. The highest BCUT2D eigenvalue weighted by atomic mass is 15.0. The van der Waals surface area contributed by atoms with E-state index in [0.29, 0.717) is 0 Å². The summed E-state index contributed by atoms with van der Waals surface area (Å²) in [5.41, 5.74) is 4.54. The van der Waals surface area contributed by atoms with Gasteiger partial charge in [-0.2, -0.15) is 0 Å². The fourth-order valence-corrected chi connectivity index (χ4v) is 2.54. The Bertz CT molecular complexity index is 394. The van der Waals surface area contributed by atoms with Crippen LogP contribution in [-0.2, 0) is 13.0 Å². The average Bonchev–Trinajstić information content (AvgIpc) is 2.44. The Morgan fingerprint density at radius 1 is 1.28 bits per heavy atom. The zero-order chi connectivity index (χ0) is 13.0. The molecule has 0 radical (unpaired) electrons. The maximum atomic E-state index is 3.72. The van der Waals surface area contributed by atoms with Gasteiger partial charge in [0.15, 0.2) is 0 Å². The number of nitrogens with one attached hydrogen (secondary N) is 2. The van der Waals surface area contributed by atoms with Gasteiger partial charge in [-0.15, -0.1) is 0 Å². The molecule has 2 N–H and O–H groups in total. The topological polar surface area (TPSA) is 24.1 Å². The number of fused-ring (bicyclic) bond motifs is 1. The Balaban J connectivity index is 2.10. The van der Waals surface area contributed by atoms with Crippen molar-refractivity contribution in [3.63, 3.8) is 0 Å². The summed E-state index contributed by atoms with van der Waals surface area (Å²) in [5, 5.41) is 7.29. The molecule has 100 valence electrons. The molecule has 2 heteroatoms. The molecule has 0 unspecified atom stereocenters. The summed E-state index contributed by atoms with van der Waals surface area (Å²) in [6.45, 7) is 8.91. The van der Waals surface area contributed by atoms with E-state index in [-0.39, 0.29) is 5.54 Å². The fourth-order valence-electron chi connectivity index (χ4n) is 2.54. The van der Waals surface area contributed by atoms with Gasteiger partial charge in [-0.1, -0.05) is 32.0 Å². The second-order valence-electron chi connectivity index (χ2n) is 5.60. The summed E-state index contributed by atoms with van der Waals surface area (Å²) in [5.74, 6) is 0. The molecule has 1 aromatic carbocycles. The lowest BCUT2D eigenvalue weighted by atomic mass is 9.94. The first-order chi connectivity index (χ1) is 8.68. The van der Waals surface area contributed by atoms with E-state index >= 15 is 0 Å². The Hall–Kier alpha value is -1.02. The van der Waals surface area contributed by atoms with Crippen molar-refractivity contribution < 1.29 is 0 Å². The van der Waals surface area contributed by atoms with Gasteiger partial charge in [0.25, 0.3) is 0 Å². The van der Waals surface area contributed by atoms with Gasteiger partial charge in [-0.3, -0.25) is 0 Å². The van der Waals surface area contributed by atoms with Gasteiger partial charge in [0.1, 0.15) is 0 Å². The molecule has 2 rings (SSSR count). The molecule has 18 heavy (non-hydrogen) atoms. The van der Waals surface area contributed by atoms with E-state index in [0.717, 1.165) is 13.1 Å². The van der Waals surface area contributed by atoms with Crippen molar-refractivity contribution in [2.75, 3.05) is 11.9 Å². The van der Waals surface area contributed by atoms with E-state index in [2.05, 4.69) is 49.6 Å². The van der Waals surface area contributed by atoms with Crippen LogP contribution < -0.4 is 10.6 Å². The molecule has 0 saturated heterocycles. The van der Waals surface area contributed by atoms with Crippen LogP contribution in [0.3, 0.4) is 0 Å². The van der Waals surface area contributed by atoms with Crippen LogP contribution in [0.2, 0.25) is 0 Å². The highest BCUT2D eigenvalue weighted by molar-refractivity contribution is 5.59. The van der Waals surface area contributed by atoms with Crippen molar-refractivity contribution in [3.8, 4) is 0 Å². The minimum atomic E-state index is 0.261. The quantitative estimate of drug-likeness (QED) is 0.827. The van der Waals surface area contributed by atoms with Crippen molar-refractivity contribution in [1.82, 2.24) is 5.32 Å². The summed E-state index contributed by atoms with van der Waals surface area (Å²) in [4.78, 5) is 0. The van der Waals surface area contributed by atoms with Crippen molar-refractivity contribution >= 4 is 5.69 Å². The smallest absolute Gasteiger partial charge is 0.0418 e. The fraction of sp³-hybridized carbons (Fsp3) is 0.625. The van der Waals surface area contributed by atoms with E-state index in [1.807, 2.05) is 0 Å². The van der Waals surface area contributed by atoms with Gasteiger partial charge in [0.05, 0.1) is 0 Å². The molecular weight excluding hydrogens is 220 g/mol. The molecule has 1 heterocycles. The lowest BCUT2D eigenvalue weighted by molar-refractivity contribution is 0.329. The highest BCUT2D eigenvalue weighted by Gasteiger charge is 2.19. The monoisotopic (exact) mass is 246 g/mol. The molecule has 0 fully saturated rings. The Kier molecular flexibility index (Phi) is 4.28. The molecule has 0 bridgehead atoms. The minimum Gasteiger partial charge on any atom is -0.385 e. The predicted molar refractivity (Wildman–Crippen MR) is 79.1 cm³/mol. The third kappa shape index (κ3) is 2.86. The number of hydrogen-bond donors (Lipinski definition) is 2. The number of para-hydroxylation sites is 1. The third-order valence-electron chi connectivity index (χ3n) is 4.43. The maximum Gasteiger partial charge on any atom is 0.0418 e. The van der Waals surface area contributed by atoms with Gasteiger partial charge in [0, 0.05) is 24.3 Å². The van der Waals surface area contributed by atoms with Crippen LogP contribution in [0, 0.1) is 0 Å². The van der Waals surface area contributed by atoms with Gasteiger partial charge in [-0.05, 0) is 43.7 Å². The zero-order valence-electron chi connectivity index (χ0n) is 12.0. The molecule has 0 aromatic heterocycles. The second-order valence-corrected chi connectivity index (χ2v) is 5.60. The Morgan fingerprint density at radius 3 is 2.78 bits per heavy atom. The average molecular weight is 246 g/mol. The molecule has 0 spiro atoms. The first kappa shape index (κ1) is 13.4. The standard InChI is InChI=1S/C16H26N2/c1-4-16(3,5-2)18-12-14-9-6-8-13-10-7-11-17-15(13)14/h6,8-9,17-18H,4-5,7,10-12H2,1-3H3. The van der Waals surface area contributed by atoms with Gasteiger partial charge in [-0.25, -0.2) is 0 Å². The largest absolute Gasteiger partial charge is 0.385 e. The van der Waals surface area contributed by atoms with Crippen molar-refractivity contribution in [3.05, 3.63) is 29.3 Å². The van der Waals surface area contributed by atoms with Crippen molar-refractivity contribution in [1.29, 1.82) is 0 Å². The number of anilines is 1. The van der Waals surface area contributed by atoms with Crippen molar-refractivity contribution in [2.45, 2.75) is 58.5 Å². The molecule has 0 amide bonds. The summed E-state index contributed by atoms with van der Waals surface area (Å²) in [7, 11) is 0. The maximum absolute atomic E-state index is 3.72. The van der Waals surface area contributed by atoms with Crippen LogP contribution in [0.25, 0.3) is 0 Å². The highest BCUT2D eigenvalue weighted by Crippen LogP contribution is 2.26. The molecule has 1 aromatic rings. The van der Waals surface area contributed by atoms with Gasteiger partial charge < -0.3 is 10.6 Å². The van der Waals surface area contributed by atoms with Crippen LogP contribution in [-0.4, -0.2) is 12.1 Å². The summed E-state index contributed by atoms with van der Waals surface area (Å²) in [6.07, 6.45) is 4.82. The SMILES string of the molecule is CCC(C)(CC)NCc1cccc2c1NCCC2. The van der Waals surface area contributed by atoms with Crippen LogP contribution >= 0.6 is 0 Å².